The average Bonchev–Trinajstić information content (AvgIpc) is 2.33. The second-order valence-electron chi connectivity index (χ2n) is 3.51. The normalized spacial score (nSPS) is 10.2. The number of aromatic amines is 1. The maximum absolute atomic E-state index is 11.2. The van der Waals surface area contributed by atoms with Crippen LogP contribution in [0, 0.1) is 6.92 Å². The molecule has 7 heteroatoms. The Bertz CT molecular complexity index is 562. The van der Waals surface area contributed by atoms with Gasteiger partial charge in [-0.25, -0.2) is 15.0 Å². The molecule has 7 nitrogen and oxygen atoms in total. The highest BCUT2D eigenvalue weighted by Gasteiger charge is 1.99. The van der Waals surface area contributed by atoms with Crippen molar-refractivity contribution in [3.63, 3.8) is 0 Å². The Balaban J connectivity index is 2.04. The number of nitrogens with two attached hydrogens (primary N) is 1. The van der Waals surface area contributed by atoms with E-state index in [0.29, 0.717) is 18.3 Å². The molecule has 2 aromatic heterocycles. The van der Waals surface area contributed by atoms with Gasteiger partial charge in [0, 0.05) is 24.5 Å². The van der Waals surface area contributed by atoms with Crippen LogP contribution < -0.4 is 16.6 Å². The fourth-order valence-corrected chi connectivity index (χ4v) is 1.19. The lowest BCUT2D eigenvalue weighted by atomic mass is 10.3. The number of nitrogens with zero attached hydrogens (tertiary/aromatic N) is 3. The number of anilines is 2. The molecule has 0 aromatic carbocycles. The molecule has 0 saturated carbocycles. The molecule has 0 radical (unpaired) electrons. The van der Waals surface area contributed by atoms with Gasteiger partial charge in [-0.3, -0.25) is 9.78 Å². The Morgan fingerprint density at radius 3 is 2.65 bits per heavy atom. The molecule has 2 heterocycles. The number of aryl methyl sites for hydroxylation is 1. The van der Waals surface area contributed by atoms with E-state index in [4.69, 9.17) is 5.73 Å². The van der Waals surface area contributed by atoms with Crippen molar-refractivity contribution < 1.29 is 0 Å². The molecular weight excluding hydrogens is 220 g/mol. The molecule has 0 aliphatic carbocycles. The first kappa shape index (κ1) is 11.1. The molecule has 88 valence electrons. The van der Waals surface area contributed by atoms with E-state index in [1.165, 1.54) is 6.20 Å². The van der Waals surface area contributed by atoms with E-state index >= 15 is 0 Å². The number of rotatable bonds is 3. The summed E-state index contributed by atoms with van der Waals surface area (Å²) in [6.07, 6.45) is 4.74. The fraction of sp³-hybridized carbons (Fsp3) is 0.200. The monoisotopic (exact) mass is 232 g/mol. The number of hydrogen-bond donors (Lipinski definition) is 3. The molecule has 0 aliphatic heterocycles. The van der Waals surface area contributed by atoms with Crippen LogP contribution in [0.4, 0.5) is 11.6 Å². The first-order valence-corrected chi connectivity index (χ1v) is 5.01. The largest absolute Gasteiger partial charge is 0.393 e. The Morgan fingerprint density at radius 1 is 1.29 bits per heavy atom. The molecule has 0 amide bonds. The van der Waals surface area contributed by atoms with Gasteiger partial charge in [0.1, 0.15) is 11.5 Å². The van der Waals surface area contributed by atoms with E-state index in [9.17, 15) is 4.79 Å². The van der Waals surface area contributed by atoms with Crippen LogP contribution in [0.1, 0.15) is 11.4 Å². The van der Waals surface area contributed by atoms with Crippen molar-refractivity contribution in [3.8, 4) is 0 Å². The summed E-state index contributed by atoms with van der Waals surface area (Å²) in [5.41, 5.74) is 5.99. The zero-order valence-electron chi connectivity index (χ0n) is 9.27. The highest BCUT2D eigenvalue weighted by molar-refractivity contribution is 5.36. The summed E-state index contributed by atoms with van der Waals surface area (Å²) >= 11 is 0. The van der Waals surface area contributed by atoms with Gasteiger partial charge in [-0.15, -0.1) is 0 Å². The Kier molecular flexibility index (Phi) is 2.99. The molecule has 2 rings (SSSR count). The summed E-state index contributed by atoms with van der Waals surface area (Å²) in [5, 5.41) is 2.95. The van der Waals surface area contributed by atoms with E-state index in [0.717, 1.165) is 5.56 Å². The second kappa shape index (κ2) is 4.60. The van der Waals surface area contributed by atoms with Crippen molar-refractivity contribution in [3.05, 3.63) is 40.3 Å². The van der Waals surface area contributed by atoms with Crippen molar-refractivity contribution in [2.75, 3.05) is 11.1 Å². The zero-order chi connectivity index (χ0) is 12.3. The third-order valence-electron chi connectivity index (χ3n) is 2.12. The zero-order valence-corrected chi connectivity index (χ0v) is 9.27. The van der Waals surface area contributed by atoms with E-state index < -0.39 is 0 Å². The standard InChI is InChI=1S/C10H12N6O/c1-6-12-2-7(3-13-6)4-14-10-15-5-8(11)9(17)16-10/h2-3,5H,4,11H2,1H3,(H2,14,15,16,17). The fourth-order valence-electron chi connectivity index (χ4n) is 1.19. The summed E-state index contributed by atoms with van der Waals surface area (Å²) in [6.45, 7) is 2.29. The van der Waals surface area contributed by atoms with Crippen LogP contribution in [0.15, 0.2) is 23.4 Å². The van der Waals surface area contributed by atoms with E-state index in [2.05, 4.69) is 25.3 Å². The molecule has 0 aliphatic rings. The molecule has 0 fully saturated rings. The summed E-state index contributed by atoms with van der Waals surface area (Å²) in [5.74, 6) is 1.08. The highest BCUT2D eigenvalue weighted by atomic mass is 16.1. The SMILES string of the molecule is Cc1ncc(CNc2ncc(N)c(=O)[nH]2)cn1. The predicted octanol–water partition coefficient (Wildman–Crippen LogP) is 0.0626. The average molecular weight is 232 g/mol. The number of nitrogens with one attached hydrogen (secondary N) is 2. The maximum atomic E-state index is 11.2. The lowest BCUT2D eigenvalue weighted by Crippen LogP contribution is -2.15. The summed E-state index contributed by atoms with van der Waals surface area (Å²) in [7, 11) is 0. The quantitative estimate of drug-likeness (QED) is 0.690. The van der Waals surface area contributed by atoms with Crippen molar-refractivity contribution in [2.24, 2.45) is 0 Å². The number of hydrogen-bond acceptors (Lipinski definition) is 6. The first-order valence-electron chi connectivity index (χ1n) is 5.01. The molecular formula is C10H12N6O. The minimum absolute atomic E-state index is 0.0919. The van der Waals surface area contributed by atoms with Crippen LogP contribution in [-0.2, 0) is 6.54 Å². The second-order valence-corrected chi connectivity index (χ2v) is 3.51. The van der Waals surface area contributed by atoms with Crippen LogP contribution in [-0.4, -0.2) is 19.9 Å². The van der Waals surface area contributed by atoms with Gasteiger partial charge in [-0.1, -0.05) is 0 Å². The van der Waals surface area contributed by atoms with E-state index in [1.54, 1.807) is 12.4 Å². The van der Waals surface area contributed by atoms with Gasteiger partial charge in [0.2, 0.25) is 5.95 Å². The summed E-state index contributed by atoms with van der Waals surface area (Å²) in [4.78, 5) is 25.8. The Labute approximate surface area is 97.1 Å². The Morgan fingerprint density at radius 2 is 2.00 bits per heavy atom. The molecule has 0 atom stereocenters. The van der Waals surface area contributed by atoms with Gasteiger partial charge in [0.15, 0.2) is 0 Å². The van der Waals surface area contributed by atoms with Crippen LogP contribution in [0.3, 0.4) is 0 Å². The maximum Gasteiger partial charge on any atom is 0.275 e. The molecule has 2 aromatic rings. The van der Waals surface area contributed by atoms with Gasteiger partial charge in [-0.2, -0.15) is 0 Å². The lowest BCUT2D eigenvalue weighted by Gasteiger charge is -2.04. The van der Waals surface area contributed by atoms with Gasteiger partial charge < -0.3 is 11.1 Å². The third kappa shape index (κ3) is 2.77. The molecule has 0 bridgehead atoms. The van der Waals surface area contributed by atoms with Crippen LogP contribution in [0.25, 0.3) is 0 Å². The van der Waals surface area contributed by atoms with Crippen molar-refractivity contribution in [1.29, 1.82) is 0 Å². The molecule has 0 saturated heterocycles. The Hall–Kier alpha value is -2.44. The van der Waals surface area contributed by atoms with Crippen molar-refractivity contribution in [2.45, 2.75) is 13.5 Å². The molecule has 0 spiro atoms. The first-order chi connectivity index (χ1) is 8.15. The highest BCUT2D eigenvalue weighted by Crippen LogP contribution is 2.00. The van der Waals surface area contributed by atoms with E-state index in [1.807, 2.05) is 6.92 Å². The van der Waals surface area contributed by atoms with Gasteiger partial charge >= 0.3 is 0 Å². The predicted molar refractivity (Wildman–Crippen MR) is 63.4 cm³/mol. The van der Waals surface area contributed by atoms with Crippen molar-refractivity contribution >= 4 is 11.6 Å². The number of H-pyrrole nitrogens is 1. The minimum Gasteiger partial charge on any atom is -0.393 e. The van der Waals surface area contributed by atoms with Gasteiger partial charge in [0.05, 0.1) is 6.20 Å². The number of nitrogen functional groups attached to an aromatic ring is 1. The van der Waals surface area contributed by atoms with Crippen LogP contribution >= 0.6 is 0 Å². The minimum atomic E-state index is -0.359. The topological polar surface area (TPSA) is 110 Å². The molecule has 4 N–H and O–H groups in total. The summed E-state index contributed by atoms with van der Waals surface area (Å²) in [6, 6.07) is 0. The van der Waals surface area contributed by atoms with Crippen molar-refractivity contribution in [1.82, 2.24) is 19.9 Å². The van der Waals surface area contributed by atoms with E-state index in [-0.39, 0.29) is 11.2 Å². The van der Waals surface area contributed by atoms with Gasteiger partial charge in [-0.05, 0) is 6.92 Å². The van der Waals surface area contributed by atoms with Gasteiger partial charge in [0.25, 0.3) is 5.56 Å². The van der Waals surface area contributed by atoms with Crippen LogP contribution in [0.5, 0.6) is 0 Å². The smallest absolute Gasteiger partial charge is 0.275 e. The third-order valence-corrected chi connectivity index (χ3v) is 2.12. The lowest BCUT2D eigenvalue weighted by molar-refractivity contribution is 0.974. The summed E-state index contributed by atoms with van der Waals surface area (Å²) < 4.78 is 0. The molecule has 0 unspecified atom stereocenters. The molecule has 17 heavy (non-hydrogen) atoms. The van der Waals surface area contributed by atoms with Crippen LogP contribution in [0.2, 0.25) is 0 Å². The number of aromatic nitrogens is 4.